The predicted octanol–water partition coefficient (Wildman–Crippen LogP) is 3.14. The second-order valence-electron chi connectivity index (χ2n) is 4.73. The van der Waals surface area contributed by atoms with Gasteiger partial charge in [-0.15, -0.1) is 0 Å². The summed E-state index contributed by atoms with van der Waals surface area (Å²) in [6.07, 6.45) is 2.51. The topological polar surface area (TPSA) is 29.5 Å². The summed E-state index contributed by atoms with van der Waals surface area (Å²) in [5, 5.41) is 9.99. The van der Waals surface area contributed by atoms with Gasteiger partial charge in [-0.3, -0.25) is 0 Å². The van der Waals surface area contributed by atoms with Crippen LogP contribution in [0.4, 0.5) is 0 Å². The summed E-state index contributed by atoms with van der Waals surface area (Å²) < 4.78 is 6.54. The lowest BCUT2D eigenvalue weighted by Crippen LogP contribution is -2.12. The van der Waals surface area contributed by atoms with Crippen molar-refractivity contribution in [3.8, 4) is 5.75 Å². The smallest absolute Gasteiger partial charge is 0.126 e. The molecule has 1 aromatic carbocycles. The molecule has 1 aliphatic rings. The average molecular weight is 285 g/mol. The van der Waals surface area contributed by atoms with Crippen LogP contribution in [-0.2, 0) is 6.42 Å². The molecule has 1 aliphatic carbocycles. The minimum Gasteiger partial charge on any atom is -0.496 e. The normalized spacial score (nSPS) is 17.3. The zero-order valence-corrected chi connectivity index (χ0v) is 11.5. The maximum absolute atomic E-state index is 9.99. The molecule has 0 aromatic heterocycles. The van der Waals surface area contributed by atoms with E-state index in [1.807, 2.05) is 6.92 Å². The molecule has 2 rings (SSSR count). The number of aliphatic hydroxyl groups is 1. The number of methoxy groups -OCH3 is 1. The van der Waals surface area contributed by atoms with Gasteiger partial charge in [0, 0.05) is 16.5 Å². The average Bonchev–Trinajstić information content (AvgIpc) is 2.93. The van der Waals surface area contributed by atoms with Crippen molar-refractivity contribution in [1.29, 1.82) is 0 Å². The van der Waals surface area contributed by atoms with E-state index in [9.17, 15) is 5.11 Å². The highest BCUT2D eigenvalue weighted by Crippen LogP contribution is 2.42. The van der Waals surface area contributed by atoms with E-state index in [0.717, 1.165) is 34.2 Å². The highest BCUT2D eigenvalue weighted by Gasteiger charge is 2.41. The van der Waals surface area contributed by atoms with Crippen LogP contribution in [0.5, 0.6) is 5.75 Å². The Hall–Kier alpha value is -0.540. The summed E-state index contributed by atoms with van der Waals surface area (Å²) in [5.74, 6) is 0.901. The Morgan fingerprint density at radius 2 is 2.06 bits per heavy atom. The SMILES string of the molecule is COc1c(CC2(O)CC2)cc(C)c(Br)c1C. The number of ether oxygens (including phenoxy) is 1. The van der Waals surface area contributed by atoms with Crippen LogP contribution in [-0.4, -0.2) is 17.8 Å². The standard InChI is InChI=1S/C13H17BrO2/c1-8-6-10(7-13(15)4-5-13)12(16-3)9(2)11(8)14/h6,15H,4-5,7H2,1-3H3. The second kappa shape index (κ2) is 4.04. The molecule has 0 aliphatic heterocycles. The highest BCUT2D eigenvalue weighted by molar-refractivity contribution is 9.10. The fourth-order valence-electron chi connectivity index (χ4n) is 2.12. The van der Waals surface area contributed by atoms with Crippen molar-refractivity contribution in [2.45, 2.75) is 38.7 Å². The van der Waals surface area contributed by atoms with Crippen LogP contribution < -0.4 is 4.74 Å². The third kappa shape index (κ3) is 2.11. The first-order valence-electron chi connectivity index (χ1n) is 5.52. The third-order valence-corrected chi connectivity index (χ3v) is 4.47. The summed E-state index contributed by atoms with van der Waals surface area (Å²) in [6.45, 7) is 4.10. The molecular weight excluding hydrogens is 268 g/mol. The van der Waals surface area contributed by atoms with Crippen LogP contribution in [0.1, 0.15) is 29.5 Å². The van der Waals surface area contributed by atoms with Crippen molar-refractivity contribution in [1.82, 2.24) is 0 Å². The van der Waals surface area contributed by atoms with Gasteiger partial charge in [-0.05, 0) is 37.8 Å². The van der Waals surface area contributed by atoms with E-state index in [1.54, 1.807) is 7.11 Å². The lowest BCUT2D eigenvalue weighted by atomic mass is 10.00. The van der Waals surface area contributed by atoms with E-state index < -0.39 is 5.60 Å². The molecule has 0 unspecified atom stereocenters. The molecule has 0 bridgehead atoms. The fraction of sp³-hybridized carbons (Fsp3) is 0.538. The van der Waals surface area contributed by atoms with Crippen molar-refractivity contribution in [2.75, 3.05) is 7.11 Å². The summed E-state index contributed by atoms with van der Waals surface area (Å²) in [6, 6.07) is 2.10. The van der Waals surface area contributed by atoms with Crippen LogP contribution in [0.3, 0.4) is 0 Å². The van der Waals surface area contributed by atoms with Gasteiger partial charge in [-0.25, -0.2) is 0 Å². The third-order valence-electron chi connectivity index (χ3n) is 3.25. The zero-order valence-electron chi connectivity index (χ0n) is 9.93. The molecule has 0 atom stereocenters. The largest absolute Gasteiger partial charge is 0.496 e. The molecule has 0 spiro atoms. The molecular formula is C13H17BrO2. The Bertz CT molecular complexity index is 422. The van der Waals surface area contributed by atoms with Gasteiger partial charge in [-0.1, -0.05) is 22.0 Å². The molecule has 0 radical (unpaired) electrons. The van der Waals surface area contributed by atoms with E-state index in [1.165, 1.54) is 5.56 Å². The Balaban J connectivity index is 2.43. The minimum absolute atomic E-state index is 0.472. The Morgan fingerprint density at radius 3 is 2.56 bits per heavy atom. The van der Waals surface area contributed by atoms with Crippen LogP contribution in [0.2, 0.25) is 0 Å². The molecule has 0 heterocycles. The minimum atomic E-state index is -0.472. The molecule has 88 valence electrons. The number of hydrogen-bond acceptors (Lipinski definition) is 2. The van der Waals surface area contributed by atoms with Crippen molar-refractivity contribution in [3.05, 3.63) is 27.2 Å². The number of hydrogen-bond donors (Lipinski definition) is 1. The van der Waals surface area contributed by atoms with Crippen molar-refractivity contribution >= 4 is 15.9 Å². The molecule has 1 saturated carbocycles. The summed E-state index contributed by atoms with van der Waals surface area (Å²) in [7, 11) is 1.69. The maximum atomic E-state index is 9.99. The molecule has 3 heteroatoms. The van der Waals surface area contributed by atoms with Crippen LogP contribution in [0, 0.1) is 13.8 Å². The van der Waals surface area contributed by atoms with E-state index >= 15 is 0 Å². The van der Waals surface area contributed by atoms with Crippen LogP contribution in [0.15, 0.2) is 10.5 Å². The van der Waals surface area contributed by atoms with Gasteiger partial charge >= 0.3 is 0 Å². The molecule has 1 fully saturated rings. The first-order valence-corrected chi connectivity index (χ1v) is 6.31. The van der Waals surface area contributed by atoms with Crippen molar-refractivity contribution in [3.63, 3.8) is 0 Å². The van der Waals surface area contributed by atoms with E-state index in [4.69, 9.17) is 4.74 Å². The first kappa shape index (κ1) is 11.9. The predicted molar refractivity (Wildman–Crippen MR) is 68.1 cm³/mol. The van der Waals surface area contributed by atoms with Gasteiger partial charge in [0.05, 0.1) is 12.7 Å². The lowest BCUT2D eigenvalue weighted by Gasteiger charge is -2.17. The van der Waals surface area contributed by atoms with Crippen LogP contribution >= 0.6 is 15.9 Å². The summed E-state index contributed by atoms with van der Waals surface area (Å²) in [5.41, 5.74) is 2.94. The van der Waals surface area contributed by atoms with E-state index in [0.29, 0.717) is 6.42 Å². The Kier molecular flexibility index (Phi) is 3.01. The molecule has 1 aromatic rings. The highest BCUT2D eigenvalue weighted by atomic mass is 79.9. The second-order valence-corrected chi connectivity index (χ2v) is 5.52. The maximum Gasteiger partial charge on any atom is 0.126 e. The Morgan fingerprint density at radius 1 is 1.44 bits per heavy atom. The fourth-order valence-corrected chi connectivity index (χ4v) is 2.41. The van der Waals surface area contributed by atoms with Gasteiger partial charge in [-0.2, -0.15) is 0 Å². The number of benzene rings is 1. The number of rotatable bonds is 3. The van der Waals surface area contributed by atoms with Gasteiger partial charge in [0.25, 0.3) is 0 Å². The zero-order chi connectivity index (χ0) is 11.9. The monoisotopic (exact) mass is 284 g/mol. The van der Waals surface area contributed by atoms with Crippen molar-refractivity contribution in [2.24, 2.45) is 0 Å². The van der Waals surface area contributed by atoms with Gasteiger partial charge in [0.15, 0.2) is 0 Å². The molecule has 1 N–H and O–H groups in total. The first-order chi connectivity index (χ1) is 7.47. The molecule has 2 nitrogen and oxygen atoms in total. The molecule has 0 amide bonds. The van der Waals surface area contributed by atoms with Gasteiger partial charge in [0.2, 0.25) is 0 Å². The Labute approximate surface area is 105 Å². The quantitative estimate of drug-likeness (QED) is 0.924. The van der Waals surface area contributed by atoms with E-state index in [2.05, 4.69) is 28.9 Å². The summed E-state index contributed by atoms with van der Waals surface area (Å²) in [4.78, 5) is 0. The summed E-state index contributed by atoms with van der Waals surface area (Å²) >= 11 is 3.56. The van der Waals surface area contributed by atoms with Gasteiger partial charge < -0.3 is 9.84 Å². The van der Waals surface area contributed by atoms with Crippen molar-refractivity contribution < 1.29 is 9.84 Å². The molecule has 16 heavy (non-hydrogen) atoms. The molecule has 0 saturated heterocycles. The van der Waals surface area contributed by atoms with Gasteiger partial charge in [0.1, 0.15) is 5.75 Å². The number of aryl methyl sites for hydroxylation is 1. The van der Waals surface area contributed by atoms with Crippen LogP contribution in [0.25, 0.3) is 0 Å². The van der Waals surface area contributed by atoms with E-state index in [-0.39, 0.29) is 0 Å². The lowest BCUT2D eigenvalue weighted by molar-refractivity contribution is 0.150. The number of halogens is 1.